The van der Waals surface area contributed by atoms with Gasteiger partial charge in [0.1, 0.15) is 23.9 Å². The standard InChI is InChI=1S/C21H25FN2O2/c1-4-24-13-16(9-10-23-2)21-19(24)11-17(22)12-20(21)26-14-15-5-7-18(25-3)8-6-15/h5-8,11-13,23H,4,9-10,14H2,1-3H3. The number of aryl methyl sites for hydroxylation is 1. The second-order valence-corrected chi connectivity index (χ2v) is 6.23. The van der Waals surface area contributed by atoms with Crippen LogP contribution < -0.4 is 14.8 Å². The van der Waals surface area contributed by atoms with E-state index in [0.29, 0.717) is 12.4 Å². The lowest BCUT2D eigenvalue weighted by Crippen LogP contribution is -2.10. The Hall–Kier alpha value is -2.53. The number of nitrogens with zero attached hydrogens (tertiary/aromatic N) is 1. The van der Waals surface area contributed by atoms with E-state index in [1.165, 1.54) is 11.6 Å². The Morgan fingerprint density at radius 3 is 2.58 bits per heavy atom. The Kier molecular flexibility index (Phi) is 5.78. The lowest BCUT2D eigenvalue weighted by Gasteiger charge is -2.11. The molecule has 138 valence electrons. The van der Waals surface area contributed by atoms with Crippen LogP contribution in [0.25, 0.3) is 10.9 Å². The summed E-state index contributed by atoms with van der Waals surface area (Å²) in [5.74, 6) is 1.11. The van der Waals surface area contributed by atoms with Crippen LogP contribution in [0.2, 0.25) is 0 Å². The van der Waals surface area contributed by atoms with Crippen molar-refractivity contribution in [3.63, 3.8) is 0 Å². The number of ether oxygens (including phenoxy) is 2. The van der Waals surface area contributed by atoms with Crippen molar-refractivity contribution in [2.45, 2.75) is 26.5 Å². The van der Waals surface area contributed by atoms with Crippen molar-refractivity contribution >= 4 is 10.9 Å². The Balaban J connectivity index is 1.93. The van der Waals surface area contributed by atoms with E-state index in [2.05, 4.69) is 23.0 Å². The molecule has 1 aromatic heterocycles. The molecule has 0 atom stereocenters. The molecule has 0 aliphatic heterocycles. The smallest absolute Gasteiger partial charge is 0.132 e. The third-order valence-corrected chi connectivity index (χ3v) is 4.53. The number of methoxy groups -OCH3 is 1. The van der Waals surface area contributed by atoms with Crippen LogP contribution in [0.15, 0.2) is 42.6 Å². The van der Waals surface area contributed by atoms with Crippen LogP contribution >= 0.6 is 0 Å². The van der Waals surface area contributed by atoms with Crippen LogP contribution in [0, 0.1) is 5.82 Å². The molecule has 0 aliphatic carbocycles. The van der Waals surface area contributed by atoms with E-state index in [-0.39, 0.29) is 5.82 Å². The monoisotopic (exact) mass is 356 g/mol. The summed E-state index contributed by atoms with van der Waals surface area (Å²) in [4.78, 5) is 0. The fourth-order valence-electron chi connectivity index (χ4n) is 3.15. The highest BCUT2D eigenvalue weighted by Gasteiger charge is 2.15. The topological polar surface area (TPSA) is 35.4 Å². The molecule has 0 saturated heterocycles. The van der Waals surface area contributed by atoms with E-state index in [1.807, 2.05) is 31.3 Å². The maximum atomic E-state index is 14.2. The second kappa shape index (κ2) is 8.23. The molecule has 0 radical (unpaired) electrons. The molecule has 3 rings (SSSR count). The van der Waals surface area contributed by atoms with E-state index in [9.17, 15) is 4.39 Å². The molecular formula is C21H25FN2O2. The normalized spacial score (nSPS) is 11.1. The predicted molar refractivity (Wildman–Crippen MR) is 103 cm³/mol. The Labute approximate surface area is 153 Å². The summed E-state index contributed by atoms with van der Waals surface area (Å²) in [6.07, 6.45) is 2.96. The summed E-state index contributed by atoms with van der Waals surface area (Å²) in [5.41, 5.74) is 3.05. The Bertz CT molecular complexity index is 872. The lowest BCUT2D eigenvalue weighted by atomic mass is 10.1. The minimum atomic E-state index is -0.282. The van der Waals surface area contributed by atoms with E-state index >= 15 is 0 Å². The Morgan fingerprint density at radius 2 is 1.92 bits per heavy atom. The van der Waals surface area contributed by atoms with Gasteiger partial charge in [-0.15, -0.1) is 0 Å². The summed E-state index contributed by atoms with van der Waals surface area (Å²) in [6, 6.07) is 10.8. The van der Waals surface area contributed by atoms with Gasteiger partial charge < -0.3 is 19.4 Å². The van der Waals surface area contributed by atoms with Gasteiger partial charge in [0.15, 0.2) is 0 Å². The third kappa shape index (κ3) is 3.83. The summed E-state index contributed by atoms with van der Waals surface area (Å²) < 4.78 is 27.4. The SMILES string of the molecule is CCn1cc(CCNC)c2c(OCc3ccc(OC)cc3)cc(F)cc21. The van der Waals surface area contributed by atoms with Crippen LogP contribution in [0.4, 0.5) is 4.39 Å². The van der Waals surface area contributed by atoms with Crippen molar-refractivity contribution in [2.24, 2.45) is 0 Å². The van der Waals surface area contributed by atoms with Gasteiger partial charge in [0.25, 0.3) is 0 Å². The maximum Gasteiger partial charge on any atom is 0.132 e. The number of fused-ring (bicyclic) bond motifs is 1. The van der Waals surface area contributed by atoms with Crippen molar-refractivity contribution in [1.82, 2.24) is 9.88 Å². The molecule has 0 amide bonds. The molecule has 0 fully saturated rings. The van der Waals surface area contributed by atoms with Gasteiger partial charge in [0.2, 0.25) is 0 Å². The lowest BCUT2D eigenvalue weighted by molar-refractivity contribution is 0.308. The number of hydrogen-bond donors (Lipinski definition) is 1. The molecule has 26 heavy (non-hydrogen) atoms. The first kappa shape index (κ1) is 18.3. The van der Waals surface area contributed by atoms with Gasteiger partial charge in [-0.05, 0) is 56.3 Å². The molecule has 5 heteroatoms. The highest BCUT2D eigenvalue weighted by atomic mass is 19.1. The van der Waals surface area contributed by atoms with Gasteiger partial charge in [0.05, 0.1) is 12.6 Å². The van der Waals surface area contributed by atoms with Crippen LogP contribution in [0.3, 0.4) is 0 Å². The molecule has 4 nitrogen and oxygen atoms in total. The molecule has 0 saturated carbocycles. The number of nitrogens with one attached hydrogen (secondary N) is 1. The first-order valence-electron chi connectivity index (χ1n) is 8.87. The molecule has 0 unspecified atom stereocenters. The van der Waals surface area contributed by atoms with E-state index in [1.54, 1.807) is 13.2 Å². The average molecular weight is 356 g/mol. The van der Waals surface area contributed by atoms with Crippen molar-refractivity contribution in [2.75, 3.05) is 20.7 Å². The van der Waals surface area contributed by atoms with Crippen molar-refractivity contribution < 1.29 is 13.9 Å². The van der Waals surface area contributed by atoms with Gasteiger partial charge >= 0.3 is 0 Å². The zero-order valence-electron chi connectivity index (χ0n) is 15.5. The number of benzene rings is 2. The molecular weight excluding hydrogens is 331 g/mol. The number of hydrogen-bond acceptors (Lipinski definition) is 3. The Morgan fingerprint density at radius 1 is 1.15 bits per heavy atom. The van der Waals surface area contributed by atoms with Gasteiger partial charge in [-0.1, -0.05) is 12.1 Å². The first-order valence-corrected chi connectivity index (χ1v) is 8.87. The zero-order chi connectivity index (χ0) is 18.5. The van der Waals surface area contributed by atoms with E-state index in [4.69, 9.17) is 9.47 Å². The summed E-state index contributed by atoms with van der Waals surface area (Å²) >= 11 is 0. The molecule has 1 heterocycles. The van der Waals surface area contributed by atoms with Crippen LogP contribution in [0.1, 0.15) is 18.1 Å². The largest absolute Gasteiger partial charge is 0.497 e. The number of aromatic nitrogens is 1. The van der Waals surface area contributed by atoms with E-state index < -0.39 is 0 Å². The highest BCUT2D eigenvalue weighted by Crippen LogP contribution is 2.33. The second-order valence-electron chi connectivity index (χ2n) is 6.23. The quantitative estimate of drug-likeness (QED) is 0.659. The van der Waals surface area contributed by atoms with Gasteiger partial charge in [-0.3, -0.25) is 0 Å². The maximum absolute atomic E-state index is 14.2. The fraction of sp³-hybridized carbons (Fsp3) is 0.333. The molecule has 0 aliphatic rings. The van der Waals surface area contributed by atoms with Crippen LogP contribution in [-0.4, -0.2) is 25.3 Å². The van der Waals surface area contributed by atoms with Gasteiger partial charge in [0, 0.05) is 24.2 Å². The summed E-state index contributed by atoms with van der Waals surface area (Å²) in [6.45, 7) is 4.09. The van der Waals surface area contributed by atoms with E-state index in [0.717, 1.165) is 41.7 Å². The molecule has 0 bridgehead atoms. The molecule has 1 N–H and O–H groups in total. The zero-order valence-corrected chi connectivity index (χ0v) is 15.5. The number of likely N-dealkylation sites (N-methyl/N-ethyl adjacent to an activating group) is 1. The molecule has 0 spiro atoms. The minimum Gasteiger partial charge on any atom is -0.497 e. The number of halogens is 1. The van der Waals surface area contributed by atoms with Crippen molar-refractivity contribution in [1.29, 1.82) is 0 Å². The van der Waals surface area contributed by atoms with Crippen LogP contribution in [-0.2, 0) is 19.6 Å². The highest BCUT2D eigenvalue weighted by molar-refractivity contribution is 5.90. The van der Waals surface area contributed by atoms with Gasteiger partial charge in [-0.25, -0.2) is 4.39 Å². The first-order chi connectivity index (χ1) is 12.7. The predicted octanol–water partition coefficient (Wildman–Crippen LogP) is 4.15. The molecule has 3 aromatic rings. The third-order valence-electron chi connectivity index (χ3n) is 4.53. The van der Waals surface area contributed by atoms with Crippen molar-refractivity contribution in [3.8, 4) is 11.5 Å². The van der Waals surface area contributed by atoms with Crippen molar-refractivity contribution in [3.05, 3.63) is 59.5 Å². The van der Waals surface area contributed by atoms with Crippen LogP contribution in [0.5, 0.6) is 11.5 Å². The number of rotatable bonds is 8. The molecule has 2 aromatic carbocycles. The summed E-state index contributed by atoms with van der Waals surface area (Å²) in [7, 11) is 3.57. The average Bonchev–Trinajstić information content (AvgIpc) is 3.02. The summed E-state index contributed by atoms with van der Waals surface area (Å²) in [5, 5.41) is 4.17. The minimum absolute atomic E-state index is 0.282. The van der Waals surface area contributed by atoms with Gasteiger partial charge in [-0.2, -0.15) is 0 Å². The fourth-order valence-corrected chi connectivity index (χ4v) is 3.15.